The molecule has 0 bridgehead atoms. The van der Waals surface area contributed by atoms with Crippen LogP contribution in [-0.2, 0) is 20.3 Å². The maximum Gasteiger partial charge on any atom is 0.229 e. The molecule has 9 nitrogen and oxygen atoms in total. The van der Waals surface area contributed by atoms with E-state index in [1.807, 2.05) is 11.9 Å². The molecule has 0 radical (unpaired) electrons. The Bertz CT molecular complexity index is 564. The summed E-state index contributed by atoms with van der Waals surface area (Å²) in [5.41, 5.74) is -1.26. The van der Waals surface area contributed by atoms with Gasteiger partial charge in [-0.25, -0.2) is 0 Å². The van der Waals surface area contributed by atoms with E-state index in [0.717, 1.165) is 25.8 Å². The summed E-state index contributed by atoms with van der Waals surface area (Å²) in [4.78, 5) is 15.0. The number of rotatable bonds is 7. The predicted octanol–water partition coefficient (Wildman–Crippen LogP) is -1.64. The van der Waals surface area contributed by atoms with E-state index in [0.29, 0.717) is 5.92 Å². The lowest BCUT2D eigenvalue weighted by molar-refractivity contribution is -0.219. The molecule has 2 heterocycles. The van der Waals surface area contributed by atoms with Crippen molar-refractivity contribution in [2.24, 2.45) is 11.8 Å². The number of nitrogens with zero attached hydrogens (tertiary/aromatic N) is 1. The van der Waals surface area contributed by atoms with Crippen LogP contribution in [0.25, 0.3) is 0 Å². The lowest BCUT2D eigenvalue weighted by Crippen LogP contribution is -2.63. The average molecular weight is 423 g/mol. The van der Waals surface area contributed by atoms with Gasteiger partial charge in [-0.2, -0.15) is 0 Å². The smallest absolute Gasteiger partial charge is 0.229 e. The molecule has 2 saturated heterocycles. The minimum atomic E-state index is -1.66. The molecule has 0 aromatic heterocycles. The van der Waals surface area contributed by atoms with Crippen LogP contribution >= 0.6 is 0 Å². The molecule has 10 heteroatoms. The lowest BCUT2D eigenvalue weighted by Gasteiger charge is -2.43. The minimum absolute atomic E-state index is 0.197. The fourth-order valence-corrected chi connectivity index (χ4v) is 5.08. The predicted molar refractivity (Wildman–Crippen MR) is 103 cm³/mol. The SMILES string of the molecule is CCCC1CC(NC(=O)C(C(C)O)C2OC(S(C)=O)C(O)C(O)C2O)N(C)C1. The highest BCUT2D eigenvalue weighted by Crippen LogP contribution is 2.30. The summed E-state index contributed by atoms with van der Waals surface area (Å²) in [6.07, 6.45) is -3.25. The van der Waals surface area contributed by atoms with Crippen LogP contribution in [0.4, 0.5) is 0 Å². The van der Waals surface area contributed by atoms with Crippen molar-refractivity contribution in [1.29, 1.82) is 0 Å². The number of amides is 1. The van der Waals surface area contributed by atoms with Crippen molar-refractivity contribution in [2.75, 3.05) is 19.8 Å². The van der Waals surface area contributed by atoms with E-state index in [9.17, 15) is 29.4 Å². The summed E-state index contributed by atoms with van der Waals surface area (Å²) < 4.78 is 17.4. The molecule has 10 unspecified atom stereocenters. The Hall–Kier alpha value is -0.620. The van der Waals surface area contributed by atoms with E-state index in [-0.39, 0.29) is 6.17 Å². The Morgan fingerprint density at radius 1 is 1.29 bits per heavy atom. The standard InChI is InChI=1S/C18H34N2O7S/c1-5-6-10-7-11(20(3)8-10)19-17(25)12(9(2)21)16-14(23)13(22)15(24)18(27-16)28(4)26/h9-16,18,21-24H,5-8H2,1-4H3,(H,19,25). The third kappa shape index (κ3) is 5.10. The van der Waals surface area contributed by atoms with Crippen molar-refractivity contribution in [3.8, 4) is 0 Å². The van der Waals surface area contributed by atoms with E-state index in [4.69, 9.17) is 4.74 Å². The Labute approximate surface area is 168 Å². The highest BCUT2D eigenvalue weighted by atomic mass is 32.2. The van der Waals surface area contributed by atoms with Crippen molar-refractivity contribution >= 4 is 16.7 Å². The number of ether oxygens (including phenoxy) is 1. The molecule has 0 spiro atoms. The second-order valence-electron chi connectivity index (χ2n) is 8.06. The summed E-state index contributed by atoms with van der Waals surface area (Å²) in [6.45, 7) is 4.38. The van der Waals surface area contributed by atoms with Gasteiger partial charge in [0.2, 0.25) is 5.91 Å². The maximum atomic E-state index is 13.0. The fraction of sp³-hybridized carbons (Fsp3) is 0.944. The van der Waals surface area contributed by atoms with E-state index in [1.54, 1.807) is 0 Å². The topological polar surface area (TPSA) is 140 Å². The van der Waals surface area contributed by atoms with Crippen LogP contribution in [0.15, 0.2) is 0 Å². The number of hydrogen-bond acceptors (Lipinski definition) is 8. The summed E-state index contributed by atoms with van der Waals surface area (Å²) >= 11 is 0. The molecule has 28 heavy (non-hydrogen) atoms. The highest BCUT2D eigenvalue weighted by molar-refractivity contribution is 7.84. The minimum Gasteiger partial charge on any atom is -0.392 e. The summed E-state index contributed by atoms with van der Waals surface area (Å²) in [7, 11) is 0.254. The molecule has 5 N–H and O–H groups in total. The first-order chi connectivity index (χ1) is 13.1. The molecule has 0 aliphatic carbocycles. The monoisotopic (exact) mass is 422 g/mol. The van der Waals surface area contributed by atoms with Gasteiger partial charge < -0.3 is 30.5 Å². The zero-order valence-electron chi connectivity index (χ0n) is 16.9. The van der Waals surface area contributed by atoms with E-state index in [2.05, 4.69) is 12.2 Å². The number of carbonyl (C=O) groups is 1. The van der Waals surface area contributed by atoms with Crippen LogP contribution in [-0.4, -0.2) is 97.4 Å². The zero-order valence-corrected chi connectivity index (χ0v) is 17.7. The molecule has 2 aliphatic rings. The van der Waals surface area contributed by atoms with Crippen molar-refractivity contribution in [1.82, 2.24) is 10.2 Å². The summed E-state index contributed by atoms with van der Waals surface area (Å²) in [5.74, 6) is -1.23. The highest BCUT2D eigenvalue weighted by Gasteiger charge is 2.51. The van der Waals surface area contributed by atoms with Crippen molar-refractivity contribution in [3.05, 3.63) is 0 Å². The number of aliphatic hydroxyl groups excluding tert-OH is 4. The van der Waals surface area contributed by atoms with Crippen LogP contribution in [0.5, 0.6) is 0 Å². The van der Waals surface area contributed by atoms with Gasteiger partial charge in [-0.1, -0.05) is 13.3 Å². The van der Waals surface area contributed by atoms with Gasteiger partial charge in [0, 0.05) is 12.8 Å². The van der Waals surface area contributed by atoms with Gasteiger partial charge in [-0.15, -0.1) is 0 Å². The number of likely N-dealkylation sites (tertiary alicyclic amines) is 1. The van der Waals surface area contributed by atoms with Crippen LogP contribution in [0.2, 0.25) is 0 Å². The lowest BCUT2D eigenvalue weighted by atomic mass is 9.86. The molecular formula is C18H34N2O7S. The van der Waals surface area contributed by atoms with Crippen molar-refractivity contribution in [3.63, 3.8) is 0 Å². The fourth-order valence-electron chi connectivity index (χ4n) is 4.24. The Balaban J connectivity index is 2.15. The number of aliphatic hydroxyl groups is 4. The molecule has 164 valence electrons. The molecular weight excluding hydrogens is 388 g/mol. The quantitative estimate of drug-likeness (QED) is 0.329. The number of hydrogen-bond donors (Lipinski definition) is 5. The van der Waals surface area contributed by atoms with Gasteiger partial charge in [-0.3, -0.25) is 13.9 Å². The van der Waals surface area contributed by atoms with E-state index < -0.39 is 58.6 Å². The maximum absolute atomic E-state index is 13.0. The van der Waals surface area contributed by atoms with Crippen LogP contribution in [0.3, 0.4) is 0 Å². The first-order valence-corrected chi connectivity index (χ1v) is 11.4. The Morgan fingerprint density at radius 2 is 1.93 bits per heavy atom. The zero-order chi connectivity index (χ0) is 21.2. The van der Waals surface area contributed by atoms with Crippen molar-refractivity contribution in [2.45, 2.75) is 75.2 Å². The molecule has 0 aromatic carbocycles. The molecule has 0 aromatic rings. The molecule has 2 rings (SSSR count). The van der Waals surface area contributed by atoms with Crippen LogP contribution in [0, 0.1) is 11.8 Å². The molecule has 0 saturated carbocycles. The summed E-state index contributed by atoms with van der Waals surface area (Å²) in [5, 5.41) is 43.6. The third-order valence-corrected chi connectivity index (χ3v) is 6.79. The Kier molecular flexibility index (Phi) is 8.38. The largest absolute Gasteiger partial charge is 0.392 e. The van der Waals surface area contributed by atoms with Gasteiger partial charge >= 0.3 is 0 Å². The molecule has 2 aliphatic heterocycles. The van der Waals surface area contributed by atoms with Gasteiger partial charge in [0.05, 0.1) is 29.0 Å². The van der Waals surface area contributed by atoms with Gasteiger partial charge in [0.1, 0.15) is 24.4 Å². The van der Waals surface area contributed by atoms with Gasteiger partial charge in [0.25, 0.3) is 0 Å². The Morgan fingerprint density at radius 3 is 2.46 bits per heavy atom. The first kappa shape index (κ1) is 23.7. The average Bonchev–Trinajstić information content (AvgIpc) is 2.94. The number of nitrogens with one attached hydrogen (secondary N) is 1. The van der Waals surface area contributed by atoms with E-state index in [1.165, 1.54) is 13.2 Å². The second-order valence-corrected chi connectivity index (χ2v) is 9.52. The molecule has 10 atom stereocenters. The number of carbonyl (C=O) groups excluding carboxylic acids is 1. The van der Waals surface area contributed by atoms with Gasteiger partial charge in [-0.05, 0) is 32.7 Å². The second kappa shape index (κ2) is 9.92. The normalized spacial score (nSPS) is 40.1. The first-order valence-electron chi connectivity index (χ1n) is 9.79. The molecule has 1 amide bonds. The van der Waals surface area contributed by atoms with E-state index >= 15 is 0 Å². The molecule has 2 fully saturated rings. The summed E-state index contributed by atoms with van der Waals surface area (Å²) in [6, 6.07) is 0. The van der Waals surface area contributed by atoms with Crippen LogP contribution in [0.1, 0.15) is 33.1 Å². The van der Waals surface area contributed by atoms with Crippen molar-refractivity contribution < 1.29 is 34.2 Å². The third-order valence-electron chi connectivity index (χ3n) is 5.75. The van der Waals surface area contributed by atoms with Crippen LogP contribution < -0.4 is 5.32 Å². The van der Waals surface area contributed by atoms with Gasteiger partial charge in [0.15, 0.2) is 5.44 Å².